The van der Waals surface area contributed by atoms with Crippen LogP contribution in [0.25, 0.3) is 0 Å². The molecule has 2 atom stereocenters. The smallest absolute Gasteiger partial charge is 0.224 e. The number of likely N-dealkylation sites (tertiary alicyclic amines) is 1. The summed E-state index contributed by atoms with van der Waals surface area (Å²) < 4.78 is 0. The van der Waals surface area contributed by atoms with Gasteiger partial charge in [-0.3, -0.25) is 4.79 Å². The molecule has 2 unspecified atom stereocenters. The first-order chi connectivity index (χ1) is 8.02. The Morgan fingerprint density at radius 1 is 1.59 bits per heavy atom. The van der Waals surface area contributed by atoms with E-state index in [0.29, 0.717) is 13.0 Å². The largest absolute Gasteiger partial charge is 0.335 e. The summed E-state index contributed by atoms with van der Waals surface area (Å²) in [6.07, 6.45) is 0.378. The predicted molar refractivity (Wildman–Crippen MR) is 67.6 cm³/mol. The summed E-state index contributed by atoms with van der Waals surface area (Å²) in [5.74, 6) is -0.0303. The molecule has 2 rings (SSSR count). The van der Waals surface area contributed by atoms with E-state index in [9.17, 15) is 4.79 Å². The summed E-state index contributed by atoms with van der Waals surface area (Å²) in [7, 11) is 0. The van der Waals surface area contributed by atoms with Gasteiger partial charge in [-0.2, -0.15) is 5.26 Å². The maximum Gasteiger partial charge on any atom is 0.224 e. The quantitative estimate of drug-likeness (QED) is 0.807. The van der Waals surface area contributed by atoms with Gasteiger partial charge in [0.1, 0.15) is 0 Å². The summed E-state index contributed by atoms with van der Waals surface area (Å²) in [5, 5.41) is 8.89. The third-order valence-electron chi connectivity index (χ3n) is 3.34. The average Bonchev–Trinajstić information content (AvgIpc) is 2.81. The van der Waals surface area contributed by atoms with Crippen molar-refractivity contribution < 1.29 is 4.79 Å². The number of hydrogen-bond acceptors (Lipinski definition) is 3. The predicted octanol–water partition coefficient (Wildman–Crippen LogP) is 2.80. The zero-order valence-electron chi connectivity index (χ0n) is 10.4. The van der Waals surface area contributed by atoms with Crippen LogP contribution in [-0.2, 0) is 4.79 Å². The topological polar surface area (TPSA) is 44.1 Å². The summed E-state index contributed by atoms with van der Waals surface area (Å²) in [5.41, 5.74) is 1.22. The Bertz CT molecular complexity index is 486. The number of nitrogens with zero attached hydrogens (tertiary/aromatic N) is 2. The summed E-state index contributed by atoms with van der Waals surface area (Å²) in [4.78, 5) is 16.2. The first-order valence-electron chi connectivity index (χ1n) is 5.79. The highest BCUT2D eigenvalue weighted by atomic mass is 32.1. The Kier molecular flexibility index (Phi) is 3.21. The second kappa shape index (κ2) is 4.50. The maximum atomic E-state index is 11.9. The standard InChI is InChI=1S/C13H16N2OS/c1-8-4-12(10(3)17-8)9(2)15-7-11(6-14)5-13(15)16/h4,9,11H,5,7H2,1-3H3. The third kappa shape index (κ3) is 2.20. The van der Waals surface area contributed by atoms with Gasteiger partial charge in [0.25, 0.3) is 0 Å². The van der Waals surface area contributed by atoms with Crippen LogP contribution in [0.2, 0.25) is 0 Å². The lowest BCUT2D eigenvalue weighted by Crippen LogP contribution is -2.28. The molecule has 1 aromatic heterocycles. The highest BCUT2D eigenvalue weighted by molar-refractivity contribution is 7.12. The molecule has 1 amide bonds. The number of rotatable bonds is 2. The van der Waals surface area contributed by atoms with Gasteiger partial charge < -0.3 is 4.90 Å². The van der Waals surface area contributed by atoms with E-state index in [1.165, 1.54) is 15.3 Å². The molecule has 0 radical (unpaired) electrons. The van der Waals surface area contributed by atoms with E-state index in [0.717, 1.165) is 0 Å². The number of aryl methyl sites for hydroxylation is 2. The average molecular weight is 248 g/mol. The molecule has 1 aromatic rings. The van der Waals surface area contributed by atoms with E-state index in [-0.39, 0.29) is 17.9 Å². The van der Waals surface area contributed by atoms with Crippen LogP contribution in [0.3, 0.4) is 0 Å². The van der Waals surface area contributed by atoms with Gasteiger partial charge in [-0.05, 0) is 32.4 Å². The van der Waals surface area contributed by atoms with Crippen molar-refractivity contribution in [2.75, 3.05) is 6.54 Å². The van der Waals surface area contributed by atoms with Crippen molar-refractivity contribution in [1.82, 2.24) is 4.90 Å². The lowest BCUT2D eigenvalue weighted by Gasteiger charge is -2.24. The van der Waals surface area contributed by atoms with Crippen LogP contribution < -0.4 is 0 Å². The molecule has 2 heterocycles. The zero-order chi connectivity index (χ0) is 12.6. The Labute approximate surface area is 106 Å². The molecule has 0 aliphatic carbocycles. The third-order valence-corrected chi connectivity index (χ3v) is 4.32. The molecule has 0 spiro atoms. The minimum absolute atomic E-state index is 0.0887. The van der Waals surface area contributed by atoms with Gasteiger partial charge in [0.05, 0.1) is 18.0 Å². The van der Waals surface area contributed by atoms with E-state index >= 15 is 0 Å². The highest BCUT2D eigenvalue weighted by Crippen LogP contribution is 2.33. The van der Waals surface area contributed by atoms with Gasteiger partial charge in [-0.25, -0.2) is 0 Å². The van der Waals surface area contributed by atoms with Crippen molar-refractivity contribution in [3.8, 4) is 6.07 Å². The molecule has 90 valence electrons. The maximum absolute atomic E-state index is 11.9. The van der Waals surface area contributed by atoms with Gasteiger partial charge in [-0.15, -0.1) is 11.3 Å². The van der Waals surface area contributed by atoms with E-state index < -0.39 is 0 Å². The molecule has 1 saturated heterocycles. The second-order valence-corrected chi connectivity index (χ2v) is 6.08. The first-order valence-corrected chi connectivity index (χ1v) is 6.60. The van der Waals surface area contributed by atoms with E-state index in [4.69, 9.17) is 5.26 Å². The molecule has 1 aliphatic rings. The molecule has 1 aliphatic heterocycles. The number of thiophene rings is 1. The van der Waals surface area contributed by atoms with Crippen molar-refractivity contribution in [3.05, 3.63) is 21.4 Å². The Morgan fingerprint density at radius 2 is 2.29 bits per heavy atom. The number of nitriles is 1. The lowest BCUT2D eigenvalue weighted by molar-refractivity contribution is -0.129. The molecule has 0 bridgehead atoms. The van der Waals surface area contributed by atoms with Crippen molar-refractivity contribution >= 4 is 17.2 Å². The van der Waals surface area contributed by atoms with Crippen molar-refractivity contribution in [1.29, 1.82) is 5.26 Å². The molecule has 0 aromatic carbocycles. The summed E-state index contributed by atoms with van der Waals surface area (Å²) in [6.45, 7) is 6.79. The van der Waals surface area contributed by atoms with Crippen molar-refractivity contribution in [3.63, 3.8) is 0 Å². The van der Waals surface area contributed by atoms with Crippen LogP contribution in [0.5, 0.6) is 0 Å². The minimum Gasteiger partial charge on any atom is -0.335 e. The number of hydrogen-bond donors (Lipinski definition) is 0. The number of carbonyl (C=O) groups is 1. The van der Waals surface area contributed by atoms with Crippen LogP contribution in [0, 0.1) is 31.1 Å². The molecule has 3 nitrogen and oxygen atoms in total. The molecular weight excluding hydrogens is 232 g/mol. The van der Waals surface area contributed by atoms with Gasteiger partial charge in [0.2, 0.25) is 5.91 Å². The van der Waals surface area contributed by atoms with Crippen molar-refractivity contribution in [2.24, 2.45) is 5.92 Å². The summed E-state index contributed by atoms with van der Waals surface area (Å²) in [6, 6.07) is 4.43. The first kappa shape index (κ1) is 12.1. The molecule has 0 N–H and O–H groups in total. The van der Waals surface area contributed by atoms with Crippen LogP contribution in [0.1, 0.15) is 34.7 Å². The fourth-order valence-corrected chi connectivity index (χ4v) is 3.44. The number of carbonyl (C=O) groups excluding carboxylic acids is 1. The van der Waals surface area contributed by atoms with E-state index in [1.807, 2.05) is 11.8 Å². The van der Waals surface area contributed by atoms with Gasteiger partial charge in [0, 0.05) is 22.7 Å². The molecule has 1 fully saturated rings. The monoisotopic (exact) mass is 248 g/mol. The Morgan fingerprint density at radius 3 is 2.76 bits per heavy atom. The van der Waals surface area contributed by atoms with Gasteiger partial charge >= 0.3 is 0 Å². The fraction of sp³-hybridized carbons (Fsp3) is 0.538. The van der Waals surface area contributed by atoms with Crippen LogP contribution in [0.15, 0.2) is 6.07 Å². The van der Waals surface area contributed by atoms with E-state index in [2.05, 4.69) is 26.0 Å². The van der Waals surface area contributed by atoms with Gasteiger partial charge in [-0.1, -0.05) is 0 Å². The highest BCUT2D eigenvalue weighted by Gasteiger charge is 2.33. The van der Waals surface area contributed by atoms with E-state index in [1.54, 1.807) is 11.3 Å². The van der Waals surface area contributed by atoms with Crippen LogP contribution in [-0.4, -0.2) is 17.4 Å². The van der Waals surface area contributed by atoms with Crippen LogP contribution in [0.4, 0.5) is 0 Å². The normalized spacial score (nSPS) is 21.6. The Hall–Kier alpha value is -1.34. The molecule has 0 saturated carbocycles. The summed E-state index contributed by atoms with van der Waals surface area (Å²) >= 11 is 1.76. The molecule has 4 heteroatoms. The van der Waals surface area contributed by atoms with Crippen molar-refractivity contribution in [2.45, 2.75) is 33.2 Å². The minimum atomic E-state index is -0.134. The van der Waals surface area contributed by atoms with Gasteiger partial charge in [0.15, 0.2) is 0 Å². The lowest BCUT2D eigenvalue weighted by atomic mass is 10.1. The fourth-order valence-electron chi connectivity index (χ4n) is 2.43. The zero-order valence-corrected chi connectivity index (χ0v) is 11.2. The number of amides is 1. The SMILES string of the molecule is Cc1cc(C(C)N2CC(C#N)CC2=O)c(C)s1. The van der Waals surface area contributed by atoms with Crippen LogP contribution >= 0.6 is 11.3 Å². The molecule has 17 heavy (non-hydrogen) atoms. The Balaban J connectivity index is 2.21. The second-order valence-electron chi connectivity index (χ2n) is 4.62. The molecular formula is C13H16N2OS.